The molecule has 1 aromatic carbocycles. The normalized spacial score (nSPS) is 11.6. The van der Waals surface area contributed by atoms with Crippen LogP contribution in [0.15, 0.2) is 24.3 Å². The van der Waals surface area contributed by atoms with E-state index in [0.717, 1.165) is 29.1 Å². The molecule has 0 unspecified atom stereocenters. The maximum absolute atomic E-state index is 12.3. The lowest BCUT2D eigenvalue weighted by molar-refractivity contribution is -0.121. The van der Waals surface area contributed by atoms with E-state index in [1.165, 1.54) is 0 Å². The molecule has 0 spiro atoms. The van der Waals surface area contributed by atoms with E-state index in [9.17, 15) is 9.59 Å². The number of rotatable bonds is 5. The monoisotopic (exact) mass is 384 g/mol. The smallest absolute Gasteiger partial charge is 0.269 e. The van der Waals surface area contributed by atoms with Gasteiger partial charge in [0.25, 0.3) is 5.91 Å². The Labute approximate surface area is 167 Å². The van der Waals surface area contributed by atoms with Crippen molar-refractivity contribution in [2.75, 3.05) is 0 Å². The van der Waals surface area contributed by atoms with Gasteiger partial charge in [0.05, 0.1) is 12.1 Å². The maximum atomic E-state index is 12.3. The number of amides is 2. The van der Waals surface area contributed by atoms with Gasteiger partial charge in [0.15, 0.2) is 0 Å². The molecule has 6 nitrogen and oxygen atoms in total. The molecule has 6 heteroatoms. The highest BCUT2D eigenvalue weighted by molar-refractivity contribution is 5.95. The summed E-state index contributed by atoms with van der Waals surface area (Å²) in [5, 5.41) is 4.52. The van der Waals surface area contributed by atoms with Crippen LogP contribution in [0.4, 0.5) is 0 Å². The number of benzene rings is 1. The summed E-state index contributed by atoms with van der Waals surface area (Å²) < 4.78 is 1.94. The lowest BCUT2D eigenvalue weighted by atomic mass is 9.87. The van der Waals surface area contributed by atoms with Gasteiger partial charge in [-0.15, -0.1) is 0 Å². The molecule has 2 amide bonds. The summed E-state index contributed by atoms with van der Waals surface area (Å²) in [6.45, 7) is 15.3. The fraction of sp³-hybridized carbons (Fsp3) is 0.500. The van der Waals surface area contributed by atoms with Crippen molar-refractivity contribution >= 4 is 11.8 Å². The van der Waals surface area contributed by atoms with Crippen LogP contribution >= 0.6 is 0 Å². The second-order valence-electron chi connectivity index (χ2n) is 8.73. The van der Waals surface area contributed by atoms with Gasteiger partial charge in [0.2, 0.25) is 5.91 Å². The van der Waals surface area contributed by atoms with Crippen LogP contribution in [0.5, 0.6) is 0 Å². The fourth-order valence-corrected chi connectivity index (χ4v) is 3.04. The number of hydrogen-bond acceptors (Lipinski definition) is 3. The van der Waals surface area contributed by atoms with Crippen LogP contribution in [0.2, 0.25) is 0 Å². The van der Waals surface area contributed by atoms with E-state index in [-0.39, 0.29) is 23.7 Å². The molecule has 1 heterocycles. The third-order valence-corrected chi connectivity index (χ3v) is 4.74. The first-order valence-corrected chi connectivity index (χ1v) is 9.71. The van der Waals surface area contributed by atoms with Crippen molar-refractivity contribution in [3.05, 3.63) is 52.3 Å². The van der Waals surface area contributed by atoms with Crippen LogP contribution < -0.4 is 10.9 Å². The summed E-state index contributed by atoms with van der Waals surface area (Å²) in [5.74, 6) is -0.128. The van der Waals surface area contributed by atoms with E-state index in [4.69, 9.17) is 0 Å². The summed E-state index contributed by atoms with van der Waals surface area (Å²) in [7, 11) is 0. The van der Waals surface area contributed by atoms with E-state index in [1.54, 1.807) is 12.1 Å². The molecule has 2 rings (SSSR count). The Morgan fingerprint density at radius 3 is 2.21 bits per heavy atom. The van der Waals surface area contributed by atoms with Gasteiger partial charge in [0.1, 0.15) is 0 Å². The zero-order valence-electron chi connectivity index (χ0n) is 18.0. The predicted molar refractivity (Wildman–Crippen MR) is 111 cm³/mol. The van der Waals surface area contributed by atoms with E-state index in [1.807, 2.05) is 30.7 Å². The molecule has 0 fully saturated rings. The van der Waals surface area contributed by atoms with Crippen LogP contribution in [-0.2, 0) is 23.2 Å². The minimum absolute atomic E-state index is 0.0267. The number of aromatic nitrogens is 2. The van der Waals surface area contributed by atoms with Gasteiger partial charge in [-0.25, -0.2) is 0 Å². The molecule has 0 saturated heterocycles. The SMILES string of the molecule is Cc1nn(CC(C)C)c(C)c1CC(=O)NNC(=O)c1ccc(C(C)(C)C)cc1. The molecule has 0 saturated carbocycles. The Morgan fingerprint density at radius 1 is 1.07 bits per heavy atom. The molecule has 0 aliphatic rings. The molecule has 1 aromatic heterocycles. The Bertz CT molecular complexity index is 843. The largest absolute Gasteiger partial charge is 0.273 e. The summed E-state index contributed by atoms with van der Waals surface area (Å²) in [6.07, 6.45) is 0.180. The van der Waals surface area contributed by atoms with Crippen LogP contribution in [0.3, 0.4) is 0 Å². The second-order valence-corrected chi connectivity index (χ2v) is 8.73. The van der Waals surface area contributed by atoms with Crippen molar-refractivity contribution in [2.45, 2.75) is 66.8 Å². The molecule has 0 radical (unpaired) electrons. The topological polar surface area (TPSA) is 76.0 Å². The number of carbonyl (C=O) groups is 2. The lowest BCUT2D eigenvalue weighted by Crippen LogP contribution is -2.42. The third-order valence-electron chi connectivity index (χ3n) is 4.74. The van der Waals surface area contributed by atoms with Gasteiger partial charge in [-0.3, -0.25) is 25.1 Å². The summed E-state index contributed by atoms with van der Waals surface area (Å²) in [6, 6.07) is 7.41. The summed E-state index contributed by atoms with van der Waals surface area (Å²) in [4.78, 5) is 24.6. The Morgan fingerprint density at radius 2 is 1.68 bits per heavy atom. The number of aryl methyl sites for hydroxylation is 1. The van der Waals surface area contributed by atoms with Crippen molar-refractivity contribution in [3.8, 4) is 0 Å². The van der Waals surface area contributed by atoms with Gasteiger partial charge in [0, 0.05) is 23.4 Å². The Kier molecular flexibility index (Phi) is 6.65. The number of hydrogen-bond donors (Lipinski definition) is 2. The maximum Gasteiger partial charge on any atom is 0.269 e. The fourth-order valence-electron chi connectivity index (χ4n) is 3.04. The van der Waals surface area contributed by atoms with Crippen LogP contribution in [-0.4, -0.2) is 21.6 Å². The first-order chi connectivity index (χ1) is 13.0. The molecule has 0 atom stereocenters. The minimum Gasteiger partial charge on any atom is -0.273 e. The molecule has 28 heavy (non-hydrogen) atoms. The highest BCUT2D eigenvalue weighted by Crippen LogP contribution is 2.22. The quantitative estimate of drug-likeness (QED) is 0.775. The number of hydrazine groups is 1. The standard InChI is InChI=1S/C22H32N4O2/c1-14(2)13-26-16(4)19(15(3)25-26)12-20(27)23-24-21(28)17-8-10-18(11-9-17)22(5,6)7/h8-11,14H,12-13H2,1-7H3,(H,23,27)(H,24,28). The van der Waals surface area contributed by atoms with Crippen molar-refractivity contribution in [3.63, 3.8) is 0 Å². The zero-order chi connectivity index (χ0) is 21.1. The van der Waals surface area contributed by atoms with Gasteiger partial charge in [-0.2, -0.15) is 5.10 Å². The average Bonchev–Trinajstić information content (AvgIpc) is 2.86. The van der Waals surface area contributed by atoms with Crippen molar-refractivity contribution in [2.24, 2.45) is 5.92 Å². The third kappa shape index (κ3) is 5.44. The Hall–Kier alpha value is -2.63. The van der Waals surface area contributed by atoms with Crippen molar-refractivity contribution in [1.29, 1.82) is 0 Å². The summed E-state index contributed by atoms with van der Waals surface area (Å²) in [5.41, 5.74) is 9.42. The molecule has 152 valence electrons. The van der Waals surface area contributed by atoms with Crippen LogP contribution in [0.25, 0.3) is 0 Å². The molecule has 2 aromatic rings. The number of nitrogens with one attached hydrogen (secondary N) is 2. The van der Waals surface area contributed by atoms with Gasteiger partial charge in [-0.05, 0) is 42.9 Å². The van der Waals surface area contributed by atoms with Crippen LogP contribution in [0.1, 0.15) is 67.5 Å². The Balaban J connectivity index is 1.95. The van der Waals surface area contributed by atoms with Crippen molar-refractivity contribution in [1.82, 2.24) is 20.6 Å². The van der Waals surface area contributed by atoms with Gasteiger partial charge >= 0.3 is 0 Å². The average molecular weight is 385 g/mol. The van der Waals surface area contributed by atoms with Crippen molar-refractivity contribution < 1.29 is 9.59 Å². The van der Waals surface area contributed by atoms with E-state index in [0.29, 0.717) is 11.5 Å². The molecule has 0 aliphatic carbocycles. The predicted octanol–water partition coefficient (Wildman–Crippen LogP) is 3.46. The molecular formula is C22H32N4O2. The van der Waals surface area contributed by atoms with E-state index < -0.39 is 0 Å². The second kappa shape index (κ2) is 8.59. The number of nitrogens with zero attached hydrogens (tertiary/aromatic N) is 2. The zero-order valence-corrected chi connectivity index (χ0v) is 18.0. The van der Waals surface area contributed by atoms with E-state index >= 15 is 0 Å². The highest BCUT2D eigenvalue weighted by Gasteiger charge is 2.17. The molecule has 0 aliphatic heterocycles. The first-order valence-electron chi connectivity index (χ1n) is 9.71. The minimum atomic E-state index is -0.335. The van der Waals surface area contributed by atoms with Crippen LogP contribution in [0, 0.1) is 19.8 Å². The van der Waals surface area contributed by atoms with Gasteiger partial charge < -0.3 is 0 Å². The molecule has 2 N–H and O–H groups in total. The first kappa shape index (κ1) is 21.7. The summed E-state index contributed by atoms with van der Waals surface area (Å²) >= 11 is 0. The highest BCUT2D eigenvalue weighted by atomic mass is 16.2. The molecular weight excluding hydrogens is 352 g/mol. The lowest BCUT2D eigenvalue weighted by Gasteiger charge is -2.19. The van der Waals surface area contributed by atoms with E-state index in [2.05, 4.69) is 50.6 Å². The molecule has 0 bridgehead atoms. The number of carbonyl (C=O) groups excluding carboxylic acids is 2. The van der Waals surface area contributed by atoms with Gasteiger partial charge in [-0.1, -0.05) is 46.8 Å².